The summed E-state index contributed by atoms with van der Waals surface area (Å²) in [7, 11) is 0. The van der Waals surface area contributed by atoms with E-state index in [1.807, 2.05) is 0 Å². The lowest BCUT2D eigenvalue weighted by Gasteiger charge is -1.81. The van der Waals surface area contributed by atoms with E-state index >= 15 is 0 Å². The van der Waals surface area contributed by atoms with Gasteiger partial charge in [0.1, 0.15) is 6.20 Å². The average molecular weight is 137 g/mol. The van der Waals surface area contributed by atoms with Gasteiger partial charge in [-0.3, -0.25) is 0 Å². The zero-order chi connectivity index (χ0) is 6.97. The lowest BCUT2D eigenvalue weighted by Crippen LogP contribution is -2.23. The van der Waals surface area contributed by atoms with Crippen molar-refractivity contribution in [1.29, 1.82) is 0 Å². The summed E-state index contributed by atoms with van der Waals surface area (Å²) in [5.41, 5.74) is 0.681. The van der Waals surface area contributed by atoms with E-state index in [0.717, 1.165) is 0 Å². The fraction of sp³-hybridized carbons (Fsp3) is 0. The van der Waals surface area contributed by atoms with Gasteiger partial charge in [-0.05, 0) is 17.3 Å². The van der Waals surface area contributed by atoms with Crippen LogP contribution in [0.4, 0.5) is 0 Å². The Morgan fingerprint density at radius 1 is 1.60 bits per heavy atom. The molecule has 5 heteroatoms. The van der Waals surface area contributed by atoms with Crippen LogP contribution in [0.25, 0.3) is 11.2 Å². The van der Waals surface area contributed by atoms with Crippen LogP contribution in [-0.2, 0) is 0 Å². The van der Waals surface area contributed by atoms with Crippen molar-refractivity contribution < 1.29 is 9.53 Å². The van der Waals surface area contributed by atoms with Crippen LogP contribution in [0.1, 0.15) is 0 Å². The van der Waals surface area contributed by atoms with E-state index < -0.39 is 0 Å². The van der Waals surface area contributed by atoms with Crippen LogP contribution in [0.2, 0.25) is 0 Å². The van der Waals surface area contributed by atoms with Gasteiger partial charge in [0.25, 0.3) is 0 Å². The molecule has 0 bridgehead atoms. The molecule has 0 spiro atoms. The predicted molar refractivity (Wildman–Crippen MR) is 30.8 cm³/mol. The second-order valence-electron chi connectivity index (χ2n) is 1.78. The van der Waals surface area contributed by atoms with Crippen LogP contribution >= 0.6 is 0 Å². The Balaban J connectivity index is 2.93. The molecule has 0 aromatic carbocycles. The molecule has 10 heavy (non-hydrogen) atoms. The Hall–Kier alpha value is -1.65. The Kier molecular flexibility index (Phi) is 0.858. The molecule has 0 aliphatic rings. The molecule has 50 valence electrons. The first-order valence-electron chi connectivity index (χ1n) is 2.68. The number of hydrogen-bond acceptors (Lipinski definition) is 4. The Bertz CT molecular complexity index is 356. The molecule has 0 saturated heterocycles. The molecular weight excluding hydrogens is 134 g/mol. The lowest BCUT2D eigenvalue weighted by atomic mass is 10.4. The molecule has 2 aromatic rings. The molecule has 0 aliphatic carbocycles. The highest BCUT2D eigenvalue weighted by Gasteiger charge is 2.06. The largest absolute Gasteiger partial charge is 0.391 e. The van der Waals surface area contributed by atoms with Gasteiger partial charge in [0, 0.05) is 0 Å². The summed E-state index contributed by atoms with van der Waals surface area (Å²) in [6.07, 6.45) is 1.51. The summed E-state index contributed by atoms with van der Waals surface area (Å²) >= 11 is 0. The second-order valence-corrected chi connectivity index (χ2v) is 1.78. The van der Waals surface area contributed by atoms with Crippen molar-refractivity contribution in [2.45, 2.75) is 0 Å². The normalized spacial score (nSPS) is 10.4. The maximum absolute atomic E-state index is 10.6. The first-order chi connectivity index (χ1) is 4.88. The third-order valence-electron chi connectivity index (χ3n) is 1.15. The molecule has 2 heterocycles. The van der Waals surface area contributed by atoms with Gasteiger partial charge in [0.15, 0.2) is 0 Å². The molecule has 2 rings (SSSR count). The van der Waals surface area contributed by atoms with Gasteiger partial charge in [-0.1, -0.05) is 4.90 Å². The number of aromatic nitrogens is 3. The van der Waals surface area contributed by atoms with Crippen molar-refractivity contribution in [2.24, 2.45) is 0 Å². The van der Waals surface area contributed by atoms with Gasteiger partial charge in [-0.25, -0.2) is 0 Å². The minimum atomic E-state index is 0.211. The van der Waals surface area contributed by atoms with Gasteiger partial charge in [0.2, 0.25) is 5.52 Å². The lowest BCUT2D eigenvalue weighted by molar-refractivity contribution is -0.783. The highest BCUT2D eigenvalue weighted by molar-refractivity contribution is 5.64. The summed E-state index contributed by atoms with van der Waals surface area (Å²) in [4.78, 5) is 4.01. The van der Waals surface area contributed by atoms with Crippen LogP contribution in [0.15, 0.2) is 23.0 Å². The molecule has 0 saturated carbocycles. The molecule has 0 amide bonds. The number of rotatable bonds is 0. The van der Waals surface area contributed by atoms with Crippen molar-refractivity contribution in [2.75, 3.05) is 0 Å². The van der Waals surface area contributed by atoms with E-state index in [0.29, 0.717) is 5.52 Å². The van der Waals surface area contributed by atoms with E-state index in [2.05, 4.69) is 14.8 Å². The maximum atomic E-state index is 10.6. The van der Waals surface area contributed by atoms with E-state index in [-0.39, 0.29) is 10.6 Å². The smallest absolute Gasteiger partial charge is 0.341 e. The molecular formula is C5H3N3O2. The first kappa shape index (κ1) is 5.16. The minimum Gasteiger partial charge on any atom is -0.391 e. The van der Waals surface area contributed by atoms with E-state index in [1.54, 1.807) is 12.1 Å². The van der Waals surface area contributed by atoms with Crippen molar-refractivity contribution in [3.8, 4) is 0 Å². The number of nitrogens with zero attached hydrogens (tertiary/aromatic N) is 3. The SMILES string of the molecule is [O-][n+]1onc2cccnc21. The Morgan fingerprint density at radius 2 is 2.50 bits per heavy atom. The van der Waals surface area contributed by atoms with Gasteiger partial charge in [-0.2, -0.15) is 0 Å². The number of fused-ring (bicyclic) bond motifs is 1. The van der Waals surface area contributed by atoms with Gasteiger partial charge >= 0.3 is 5.65 Å². The molecule has 0 radical (unpaired) electrons. The van der Waals surface area contributed by atoms with Crippen LogP contribution in [0, 0.1) is 5.21 Å². The first-order valence-corrected chi connectivity index (χ1v) is 2.68. The van der Waals surface area contributed by atoms with E-state index in [4.69, 9.17) is 0 Å². The minimum absolute atomic E-state index is 0.211. The summed E-state index contributed by atoms with van der Waals surface area (Å²) in [6.45, 7) is 0. The summed E-state index contributed by atoms with van der Waals surface area (Å²) in [5, 5.41) is 14.0. The summed E-state index contributed by atoms with van der Waals surface area (Å²) in [5.74, 6) is 0. The predicted octanol–water partition coefficient (Wildman–Crippen LogP) is -0.144. The number of hydrogen-bond donors (Lipinski definition) is 0. The zero-order valence-electron chi connectivity index (χ0n) is 4.89. The monoisotopic (exact) mass is 137 g/mol. The molecule has 2 aromatic heterocycles. The third-order valence-corrected chi connectivity index (χ3v) is 1.15. The third kappa shape index (κ3) is 0.540. The van der Waals surface area contributed by atoms with Crippen LogP contribution < -0.4 is 4.90 Å². The number of pyridine rings is 1. The van der Waals surface area contributed by atoms with Crippen molar-refractivity contribution >= 4 is 11.2 Å². The fourth-order valence-electron chi connectivity index (χ4n) is 0.720. The van der Waals surface area contributed by atoms with E-state index in [9.17, 15) is 5.21 Å². The van der Waals surface area contributed by atoms with Crippen molar-refractivity contribution in [3.63, 3.8) is 0 Å². The zero-order valence-corrected chi connectivity index (χ0v) is 4.89. The van der Waals surface area contributed by atoms with Crippen LogP contribution in [0.5, 0.6) is 0 Å². The highest BCUT2D eigenvalue weighted by atomic mass is 16.8. The van der Waals surface area contributed by atoms with Crippen molar-refractivity contribution in [1.82, 2.24) is 10.1 Å². The average Bonchev–Trinajstić information content (AvgIpc) is 2.34. The van der Waals surface area contributed by atoms with Crippen LogP contribution in [-0.4, -0.2) is 10.1 Å². The standard InChI is InChI=1S/C5H3N3O2/c9-8-5-4(7-10-8)2-1-3-6-5/h1-3H. The topological polar surface area (TPSA) is 65.9 Å². The molecule has 0 fully saturated rings. The molecule has 0 aliphatic heterocycles. The van der Waals surface area contributed by atoms with Gasteiger partial charge < -0.3 is 9.84 Å². The van der Waals surface area contributed by atoms with Crippen molar-refractivity contribution in [3.05, 3.63) is 23.5 Å². The summed E-state index contributed by atoms with van der Waals surface area (Å²) < 4.78 is 4.26. The second kappa shape index (κ2) is 1.66. The van der Waals surface area contributed by atoms with Gasteiger partial charge in [0.05, 0.1) is 0 Å². The molecule has 0 N–H and O–H groups in total. The Morgan fingerprint density at radius 3 is 3.30 bits per heavy atom. The molecule has 5 nitrogen and oxygen atoms in total. The molecule has 0 unspecified atom stereocenters. The summed E-state index contributed by atoms with van der Waals surface area (Å²) in [6, 6.07) is 3.34. The fourth-order valence-corrected chi connectivity index (χ4v) is 0.720. The Labute approximate surface area is 55.4 Å². The maximum Gasteiger partial charge on any atom is 0.341 e. The molecule has 0 atom stereocenters. The quantitative estimate of drug-likeness (QED) is 0.474. The van der Waals surface area contributed by atoms with Crippen LogP contribution in [0.3, 0.4) is 0 Å². The highest BCUT2D eigenvalue weighted by Crippen LogP contribution is 1.99. The van der Waals surface area contributed by atoms with Gasteiger partial charge in [-0.15, -0.1) is 4.98 Å². The van der Waals surface area contributed by atoms with E-state index in [1.165, 1.54) is 6.20 Å².